The molecule has 0 atom stereocenters. The maximum atomic E-state index is 11.8. The second-order valence-corrected chi connectivity index (χ2v) is 8.46. The minimum absolute atomic E-state index is 0.0462. The van der Waals surface area contributed by atoms with Crippen LogP contribution >= 0.6 is 23.2 Å². The Morgan fingerprint density at radius 3 is 2.81 bits per heavy atom. The van der Waals surface area contributed by atoms with Gasteiger partial charge in [-0.25, -0.2) is 4.98 Å². The first-order valence-corrected chi connectivity index (χ1v) is 10.8. The lowest BCUT2D eigenvalue weighted by molar-refractivity contribution is -0.123. The largest absolute Gasteiger partial charge is 0.482 e. The number of hydrogen-bond donors (Lipinski definition) is 2. The molecule has 4 aromatic rings. The highest BCUT2D eigenvalue weighted by molar-refractivity contribution is 6.36. The molecule has 2 aromatic heterocycles. The van der Waals surface area contributed by atoms with E-state index in [1.54, 1.807) is 23.0 Å². The van der Waals surface area contributed by atoms with Gasteiger partial charge in [0.25, 0.3) is 5.91 Å². The number of aryl methyl sites for hydroxylation is 1. The highest BCUT2D eigenvalue weighted by Gasteiger charge is 2.15. The van der Waals surface area contributed by atoms with Crippen molar-refractivity contribution in [1.29, 1.82) is 0 Å². The van der Waals surface area contributed by atoms with Crippen molar-refractivity contribution in [3.63, 3.8) is 0 Å². The molecule has 2 aromatic carbocycles. The standard InChI is InChI=1S/C22H22Cl2N6O2/c1-12(2)26-20(31)11-32-18-7-5-14(8-16(18)23)22-27-19(30(3)29-22)9-13-4-6-17-15(21(13)24)10-25-28-17/h4-8,10,12H,9,11H2,1-3H3,(H,25,28)(H,26,31). The first-order valence-electron chi connectivity index (χ1n) is 10.0. The van der Waals surface area contributed by atoms with Gasteiger partial charge >= 0.3 is 0 Å². The van der Waals surface area contributed by atoms with Crippen molar-refractivity contribution < 1.29 is 9.53 Å². The molecule has 32 heavy (non-hydrogen) atoms. The Hall–Kier alpha value is -3.10. The predicted octanol–water partition coefficient (Wildman–Crippen LogP) is 4.16. The van der Waals surface area contributed by atoms with E-state index >= 15 is 0 Å². The summed E-state index contributed by atoms with van der Waals surface area (Å²) in [7, 11) is 1.84. The molecule has 0 saturated heterocycles. The number of aromatic nitrogens is 5. The highest BCUT2D eigenvalue weighted by Crippen LogP contribution is 2.30. The topological polar surface area (TPSA) is 97.7 Å². The van der Waals surface area contributed by atoms with Crippen LogP contribution in [0.4, 0.5) is 0 Å². The van der Waals surface area contributed by atoms with Crippen molar-refractivity contribution in [3.8, 4) is 17.1 Å². The summed E-state index contributed by atoms with van der Waals surface area (Å²) in [5, 5.41) is 16.1. The van der Waals surface area contributed by atoms with Crippen LogP contribution in [0, 0.1) is 0 Å². The molecule has 8 nitrogen and oxygen atoms in total. The van der Waals surface area contributed by atoms with E-state index in [2.05, 4.69) is 25.6 Å². The lowest BCUT2D eigenvalue weighted by Gasteiger charge is -2.11. The number of carbonyl (C=O) groups excluding carboxylic acids is 1. The number of ether oxygens (including phenoxy) is 1. The van der Waals surface area contributed by atoms with Crippen LogP contribution in [-0.2, 0) is 18.3 Å². The van der Waals surface area contributed by atoms with Gasteiger partial charge in [0.1, 0.15) is 11.6 Å². The van der Waals surface area contributed by atoms with Gasteiger partial charge < -0.3 is 10.1 Å². The van der Waals surface area contributed by atoms with E-state index in [-0.39, 0.29) is 18.6 Å². The van der Waals surface area contributed by atoms with Crippen molar-refractivity contribution in [2.75, 3.05) is 6.61 Å². The molecule has 0 radical (unpaired) electrons. The summed E-state index contributed by atoms with van der Waals surface area (Å²) in [6.07, 6.45) is 2.23. The summed E-state index contributed by atoms with van der Waals surface area (Å²) < 4.78 is 7.25. The van der Waals surface area contributed by atoms with Crippen molar-refractivity contribution in [1.82, 2.24) is 30.3 Å². The number of hydrogen-bond acceptors (Lipinski definition) is 5. The number of aromatic amines is 1. The Kier molecular flexibility index (Phi) is 6.34. The van der Waals surface area contributed by atoms with Gasteiger partial charge in [-0.05, 0) is 43.7 Å². The van der Waals surface area contributed by atoms with Gasteiger partial charge in [0.15, 0.2) is 12.4 Å². The van der Waals surface area contributed by atoms with Gasteiger partial charge in [-0.3, -0.25) is 14.6 Å². The Morgan fingerprint density at radius 1 is 1.25 bits per heavy atom. The fraction of sp³-hybridized carbons (Fsp3) is 0.273. The summed E-state index contributed by atoms with van der Waals surface area (Å²) >= 11 is 12.9. The molecular formula is C22H22Cl2N6O2. The van der Waals surface area contributed by atoms with E-state index in [1.165, 1.54) is 0 Å². The number of H-pyrrole nitrogens is 1. The van der Waals surface area contributed by atoms with Gasteiger partial charge in [-0.15, -0.1) is 0 Å². The molecule has 166 valence electrons. The van der Waals surface area contributed by atoms with Crippen LogP contribution in [-0.4, -0.2) is 43.5 Å². The lowest BCUT2D eigenvalue weighted by Crippen LogP contribution is -2.34. The minimum atomic E-state index is -0.205. The fourth-order valence-electron chi connectivity index (χ4n) is 3.29. The maximum Gasteiger partial charge on any atom is 0.258 e. The van der Waals surface area contributed by atoms with Gasteiger partial charge in [-0.1, -0.05) is 29.3 Å². The Balaban J connectivity index is 1.51. The Morgan fingerprint density at radius 2 is 2.06 bits per heavy atom. The summed E-state index contributed by atoms with van der Waals surface area (Å²) in [6.45, 7) is 3.67. The molecule has 0 saturated carbocycles. The Bertz CT molecular complexity index is 1280. The smallest absolute Gasteiger partial charge is 0.258 e. The number of amides is 1. The van der Waals surface area contributed by atoms with Gasteiger partial charge in [0, 0.05) is 30.5 Å². The fourth-order valence-corrected chi connectivity index (χ4v) is 3.81. The van der Waals surface area contributed by atoms with E-state index in [0.717, 1.165) is 27.9 Å². The number of nitrogens with one attached hydrogen (secondary N) is 2. The third-order valence-corrected chi connectivity index (χ3v) is 5.58. The average molecular weight is 473 g/mol. The summed E-state index contributed by atoms with van der Waals surface area (Å²) in [5.74, 6) is 1.51. The second kappa shape index (κ2) is 9.18. The van der Waals surface area contributed by atoms with Crippen LogP contribution in [0.2, 0.25) is 10.0 Å². The zero-order chi connectivity index (χ0) is 22.8. The summed E-state index contributed by atoms with van der Waals surface area (Å²) in [5.41, 5.74) is 2.56. The number of rotatable bonds is 7. The van der Waals surface area contributed by atoms with Gasteiger partial charge in [-0.2, -0.15) is 10.2 Å². The molecule has 0 unspecified atom stereocenters. The third kappa shape index (κ3) is 4.71. The number of halogens is 2. The van der Waals surface area contributed by atoms with Crippen LogP contribution in [0.1, 0.15) is 25.2 Å². The lowest BCUT2D eigenvalue weighted by atomic mass is 10.1. The number of fused-ring (bicyclic) bond motifs is 1. The van der Waals surface area contributed by atoms with E-state index in [4.69, 9.17) is 27.9 Å². The quantitative estimate of drug-likeness (QED) is 0.420. The molecule has 0 bridgehead atoms. The van der Waals surface area contributed by atoms with Crippen LogP contribution in [0.3, 0.4) is 0 Å². The predicted molar refractivity (Wildman–Crippen MR) is 124 cm³/mol. The molecule has 0 fully saturated rings. The SMILES string of the molecule is CC(C)NC(=O)COc1ccc(-c2nc(Cc3ccc4[nH]ncc4c3Cl)n(C)n2)cc1Cl. The van der Waals surface area contributed by atoms with Crippen molar-refractivity contribution in [3.05, 3.63) is 58.0 Å². The van der Waals surface area contributed by atoms with Crippen molar-refractivity contribution >= 4 is 40.0 Å². The molecule has 2 heterocycles. The molecule has 10 heteroatoms. The van der Waals surface area contributed by atoms with Crippen molar-refractivity contribution in [2.24, 2.45) is 7.05 Å². The highest BCUT2D eigenvalue weighted by atomic mass is 35.5. The zero-order valence-corrected chi connectivity index (χ0v) is 19.3. The van der Waals surface area contributed by atoms with Gasteiger partial charge in [0.2, 0.25) is 0 Å². The van der Waals surface area contributed by atoms with Gasteiger partial charge in [0.05, 0.1) is 21.8 Å². The maximum absolute atomic E-state index is 11.8. The molecule has 0 aliphatic heterocycles. The molecule has 1 amide bonds. The van der Waals surface area contributed by atoms with E-state index in [9.17, 15) is 4.79 Å². The molecule has 0 aliphatic rings. The van der Waals surface area contributed by atoms with Crippen LogP contribution in [0.15, 0.2) is 36.5 Å². The van der Waals surface area contributed by atoms with E-state index in [1.807, 2.05) is 39.1 Å². The van der Waals surface area contributed by atoms with Crippen LogP contribution < -0.4 is 10.1 Å². The Labute approximate surface area is 194 Å². The van der Waals surface area contributed by atoms with Crippen LogP contribution in [0.5, 0.6) is 5.75 Å². The minimum Gasteiger partial charge on any atom is -0.482 e. The second-order valence-electron chi connectivity index (χ2n) is 7.68. The monoisotopic (exact) mass is 472 g/mol. The molecule has 4 rings (SSSR count). The molecular weight excluding hydrogens is 451 g/mol. The normalized spacial score (nSPS) is 11.3. The summed E-state index contributed by atoms with van der Waals surface area (Å²) in [4.78, 5) is 16.4. The average Bonchev–Trinajstić information content (AvgIpc) is 3.36. The zero-order valence-electron chi connectivity index (χ0n) is 17.8. The molecule has 2 N–H and O–H groups in total. The first-order chi connectivity index (χ1) is 15.3. The third-order valence-electron chi connectivity index (χ3n) is 4.84. The van der Waals surface area contributed by atoms with Crippen LogP contribution in [0.25, 0.3) is 22.3 Å². The van der Waals surface area contributed by atoms with E-state index in [0.29, 0.717) is 28.0 Å². The van der Waals surface area contributed by atoms with Crippen molar-refractivity contribution in [2.45, 2.75) is 26.3 Å². The number of carbonyl (C=O) groups is 1. The molecule has 0 spiro atoms. The van der Waals surface area contributed by atoms with E-state index < -0.39 is 0 Å². The number of benzene rings is 2. The number of nitrogens with zero attached hydrogens (tertiary/aromatic N) is 4. The summed E-state index contributed by atoms with van der Waals surface area (Å²) in [6, 6.07) is 9.19. The molecule has 0 aliphatic carbocycles. The first kappa shape index (κ1) is 22.1.